The monoisotopic (exact) mass is 435 g/mol. The van der Waals surface area contributed by atoms with Gasteiger partial charge >= 0.3 is 12.1 Å². The van der Waals surface area contributed by atoms with E-state index in [0.29, 0.717) is 10.9 Å². The van der Waals surface area contributed by atoms with Crippen LogP contribution >= 0.6 is 23.4 Å². The molecule has 152 valence electrons. The number of alkyl halides is 3. The molecule has 2 aromatic rings. The first-order chi connectivity index (χ1) is 13.2. The molecular weight excluding hydrogens is 418 g/mol. The Hall–Kier alpha value is -1.77. The minimum Gasteiger partial charge on any atom is -0.475 e. The topological polar surface area (TPSA) is 49.3 Å². The Bertz CT molecular complexity index is 811. The predicted molar refractivity (Wildman–Crippen MR) is 101 cm³/mol. The molecule has 2 aromatic carbocycles. The third kappa shape index (κ3) is 6.68. The van der Waals surface area contributed by atoms with Gasteiger partial charge in [-0.15, -0.1) is 0 Å². The van der Waals surface area contributed by atoms with Gasteiger partial charge in [0.2, 0.25) is 0 Å². The summed E-state index contributed by atoms with van der Waals surface area (Å²) in [5.41, 5.74) is 1.24. The molecule has 1 fully saturated rings. The standard InChI is InChI=1S/C17H17ClFNS.C2HF3O2/c18-15-3-1-2-4-16(15)21-17-11-13(19)5-6-14(17)12-7-9-20-10-8-12;3-2(4,5)1(6)7/h1-6,11-12,20H,7-10H2;(H,6,7). The van der Waals surface area contributed by atoms with E-state index >= 15 is 0 Å². The Kier molecular flexibility index (Phi) is 8.15. The van der Waals surface area contributed by atoms with E-state index in [0.717, 1.165) is 35.7 Å². The van der Waals surface area contributed by atoms with Gasteiger partial charge in [0, 0.05) is 9.79 Å². The fourth-order valence-corrected chi connectivity index (χ4v) is 4.04. The van der Waals surface area contributed by atoms with Crippen molar-refractivity contribution >= 4 is 29.3 Å². The fourth-order valence-electron chi connectivity index (χ4n) is 2.71. The van der Waals surface area contributed by atoms with Crippen molar-refractivity contribution in [2.45, 2.75) is 34.7 Å². The first kappa shape index (κ1) is 22.5. The number of rotatable bonds is 3. The molecule has 1 saturated heterocycles. The summed E-state index contributed by atoms with van der Waals surface area (Å²) in [6, 6.07) is 12.8. The lowest BCUT2D eigenvalue weighted by Gasteiger charge is -2.25. The molecule has 28 heavy (non-hydrogen) atoms. The van der Waals surface area contributed by atoms with Crippen LogP contribution in [0.4, 0.5) is 17.6 Å². The van der Waals surface area contributed by atoms with Gasteiger partial charge in [0.1, 0.15) is 5.82 Å². The van der Waals surface area contributed by atoms with Crippen molar-refractivity contribution in [1.29, 1.82) is 0 Å². The normalized spacial score (nSPS) is 14.9. The lowest BCUT2D eigenvalue weighted by atomic mass is 9.90. The molecule has 0 spiro atoms. The van der Waals surface area contributed by atoms with Crippen LogP contribution in [0.3, 0.4) is 0 Å². The van der Waals surface area contributed by atoms with Crippen LogP contribution in [0.1, 0.15) is 24.3 Å². The van der Waals surface area contributed by atoms with Gasteiger partial charge in [-0.1, -0.05) is 41.6 Å². The highest BCUT2D eigenvalue weighted by Crippen LogP contribution is 2.39. The fraction of sp³-hybridized carbons (Fsp3) is 0.316. The van der Waals surface area contributed by atoms with E-state index < -0.39 is 12.1 Å². The highest BCUT2D eigenvalue weighted by molar-refractivity contribution is 7.99. The Labute approximate surface area is 169 Å². The van der Waals surface area contributed by atoms with Crippen molar-refractivity contribution in [3.63, 3.8) is 0 Å². The maximum atomic E-state index is 13.7. The van der Waals surface area contributed by atoms with Crippen molar-refractivity contribution in [3.05, 3.63) is 58.9 Å². The SMILES string of the molecule is Fc1ccc(C2CCNCC2)c(Sc2ccccc2Cl)c1.O=C(O)C(F)(F)F. The van der Waals surface area contributed by atoms with Crippen LogP contribution < -0.4 is 5.32 Å². The summed E-state index contributed by atoms with van der Waals surface area (Å²) in [6.07, 6.45) is -2.89. The van der Waals surface area contributed by atoms with Crippen LogP contribution in [0.25, 0.3) is 0 Å². The van der Waals surface area contributed by atoms with Gasteiger partial charge in [0.05, 0.1) is 5.02 Å². The van der Waals surface area contributed by atoms with E-state index in [-0.39, 0.29) is 5.82 Å². The van der Waals surface area contributed by atoms with Crippen LogP contribution in [0.15, 0.2) is 52.3 Å². The second-order valence-corrected chi connectivity index (χ2v) is 7.53. The zero-order chi connectivity index (χ0) is 20.7. The summed E-state index contributed by atoms with van der Waals surface area (Å²) < 4.78 is 45.4. The number of halogens is 5. The average molecular weight is 436 g/mol. The van der Waals surface area contributed by atoms with Crippen molar-refractivity contribution in [1.82, 2.24) is 5.32 Å². The number of carboxylic acid groups (broad SMARTS) is 1. The molecule has 9 heteroatoms. The van der Waals surface area contributed by atoms with Gasteiger partial charge in [-0.05, 0) is 61.7 Å². The number of piperidine rings is 1. The third-order valence-corrected chi connectivity index (χ3v) is 5.64. The van der Waals surface area contributed by atoms with Crippen LogP contribution in [-0.4, -0.2) is 30.3 Å². The molecule has 0 amide bonds. The minimum atomic E-state index is -5.08. The summed E-state index contributed by atoms with van der Waals surface area (Å²) in [5.74, 6) is -2.45. The molecule has 0 bridgehead atoms. The number of carboxylic acids is 1. The first-order valence-corrected chi connectivity index (χ1v) is 9.60. The van der Waals surface area contributed by atoms with E-state index in [1.54, 1.807) is 23.9 Å². The lowest BCUT2D eigenvalue weighted by Crippen LogP contribution is -2.26. The lowest BCUT2D eigenvalue weighted by molar-refractivity contribution is -0.192. The van der Waals surface area contributed by atoms with Crippen molar-refractivity contribution in [2.24, 2.45) is 0 Å². The van der Waals surface area contributed by atoms with Gasteiger partial charge < -0.3 is 10.4 Å². The molecule has 3 nitrogen and oxygen atoms in total. The van der Waals surface area contributed by atoms with Crippen molar-refractivity contribution in [2.75, 3.05) is 13.1 Å². The van der Waals surface area contributed by atoms with Crippen molar-refractivity contribution in [3.8, 4) is 0 Å². The van der Waals surface area contributed by atoms with E-state index in [1.807, 2.05) is 30.3 Å². The molecule has 1 heterocycles. The summed E-state index contributed by atoms with van der Waals surface area (Å²) in [7, 11) is 0. The summed E-state index contributed by atoms with van der Waals surface area (Å²) in [6.45, 7) is 2.05. The highest BCUT2D eigenvalue weighted by atomic mass is 35.5. The molecule has 0 atom stereocenters. The second-order valence-electron chi connectivity index (χ2n) is 6.04. The maximum Gasteiger partial charge on any atom is 0.490 e. The zero-order valence-electron chi connectivity index (χ0n) is 14.6. The zero-order valence-corrected chi connectivity index (χ0v) is 16.2. The van der Waals surface area contributed by atoms with Crippen LogP contribution in [-0.2, 0) is 4.79 Å². The molecule has 0 saturated carbocycles. The molecule has 2 N–H and O–H groups in total. The summed E-state index contributed by atoms with van der Waals surface area (Å²) in [5, 5.41) is 11.2. The third-order valence-electron chi connectivity index (χ3n) is 4.05. The summed E-state index contributed by atoms with van der Waals surface area (Å²) >= 11 is 7.78. The Morgan fingerprint density at radius 1 is 1.11 bits per heavy atom. The quantitative estimate of drug-likeness (QED) is 0.604. The van der Waals surface area contributed by atoms with Gasteiger partial charge in [0.25, 0.3) is 0 Å². The van der Waals surface area contributed by atoms with Crippen molar-refractivity contribution < 1.29 is 27.5 Å². The second kappa shape index (κ2) is 10.1. The molecule has 0 aliphatic carbocycles. The molecule has 0 aromatic heterocycles. The van der Waals surface area contributed by atoms with Gasteiger partial charge in [0.15, 0.2) is 0 Å². The Morgan fingerprint density at radius 2 is 1.71 bits per heavy atom. The van der Waals surface area contributed by atoms with E-state index in [4.69, 9.17) is 21.5 Å². The smallest absolute Gasteiger partial charge is 0.475 e. The van der Waals surface area contributed by atoms with Crippen LogP contribution in [0.5, 0.6) is 0 Å². The molecule has 1 aliphatic rings. The molecule has 1 aliphatic heterocycles. The van der Waals surface area contributed by atoms with E-state index in [2.05, 4.69) is 5.32 Å². The Balaban J connectivity index is 0.000000345. The van der Waals surface area contributed by atoms with Gasteiger partial charge in [-0.25, -0.2) is 9.18 Å². The number of benzene rings is 2. The van der Waals surface area contributed by atoms with Crippen LogP contribution in [0, 0.1) is 5.82 Å². The Morgan fingerprint density at radius 3 is 2.29 bits per heavy atom. The molecule has 0 unspecified atom stereocenters. The number of carbonyl (C=O) groups is 1. The number of hydrogen-bond acceptors (Lipinski definition) is 3. The van der Waals surface area contributed by atoms with E-state index in [9.17, 15) is 17.6 Å². The molecule has 0 radical (unpaired) electrons. The minimum absolute atomic E-state index is 0.192. The van der Waals surface area contributed by atoms with Gasteiger partial charge in [-0.3, -0.25) is 0 Å². The van der Waals surface area contributed by atoms with Crippen LogP contribution in [0.2, 0.25) is 5.02 Å². The molecule has 3 rings (SSSR count). The largest absolute Gasteiger partial charge is 0.490 e. The predicted octanol–water partition coefficient (Wildman–Crippen LogP) is 5.73. The van der Waals surface area contributed by atoms with E-state index in [1.165, 1.54) is 5.56 Å². The summed E-state index contributed by atoms with van der Waals surface area (Å²) in [4.78, 5) is 10.8. The molecular formula is C19H18ClF4NO2S. The first-order valence-electron chi connectivity index (χ1n) is 8.41. The highest BCUT2D eigenvalue weighted by Gasteiger charge is 2.38. The number of hydrogen-bond donors (Lipinski definition) is 2. The number of nitrogens with one attached hydrogen (secondary N) is 1. The van der Waals surface area contributed by atoms with Gasteiger partial charge in [-0.2, -0.15) is 13.2 Å². The average Bonchev–Trinajstić information content (AvgIpc) is 2.64. The number of aliphatic carboxylic acids is 1. The maximum absolute atomic E-state index is 13.7.